The van der Waals surface area contributed by atoms with Crippen molar-refractivity contribution in [2.75, 3.05) is 13.1 Å². The Morgan fingerprint density at radius 1 is 1.00 bits per heavy atom. The fourth-order valence-corrected chi connectivity index (χ4v) is 3.13. The molecule has 0 atom stereocenters. The summed E-state index contributed by atoms with van der Waals surface area (Å²) >= 11 is 0. The maximum absolute atomic E-state index is 4.80. The average Bonchev–Trinajstić information content (AvgIpc) is 3.21. The molecule has 29 heavy (non-hydrogen) atoms. The van der Waals surface area contributed by atoms with E-state index >= 15 is 0 Å². The molecule has 1 aromatic heterocycles. The fourth-order valence-electron chi connectivity index (χ4n) is 3.13. The third-order valence-corrected chi connectivity index (χ3v) is 4.87. The minimum atomic E-state index is 0.653. The zero-order valence-electron chi connectivity index (χ0n) is 17.3. The molecule has 0 fully saturated rings. The quantitative estimate of drug-likeness (QED) is 0.435. The van der Waals surface area contributed by atoms with E-state index in [1.54, 1.807) is 6.33 Å². The molecule has 6 nitrogen and oxygen atoms in total. The highest BCUT2D eigenvalue weighted by Crippen LogP contribution is 2.08. The van der Waals surface area contributed by atoms with E-state index in [-0.39, 0.29) is 0 Å². The molecule has 152 valence electrons. The van der Waals surface area contributed by atoms with Gasteiger partial charge in [0.15, 0.2) is 5.96 Å². The number of nitrogens with zero attached hydrogens (tertiary/aromatic N) is 4. The first-order valence-electron chi connectivity index (χ1n) is 10.2. The summed E-state index contributed by atoms with van der Waals surface area (Å²) < 4.78 is 2.08. The zero-order valence-corrected chi connectivity index (χ0v) is 17.3. The standard InChI is InChI=1S/C23H30N6/c1-3-22-28-27-18-29(22)16-15-25-23(24-14-13-20-10-5-4-6-11-20)26-17-21-12-8-7-9-19(21)2/h4-12,18H,3,13-17H2,1-2H3,(H2,24,25,26). The van der Waals surface area contributed by atoms with Crippen molar-refractivity contribution >= 4 is 5.96 Å². The van der Waals surface area contributed by atoms with E-state index in [0.717, 1.165) is 44.3 Å². The van der Waals surface area contributed by atoms with E-state index in [1.807, 2.05) is 6.07 Å². The summed E-state index contributed by atoms with van der Waals surface area (Å²) in [6, 6.07) is 18.9. The van der Waals surface area contributed by atoms with Gasteiger partial charge < -0.3 is 15.2 Å². The van der Waals surface area contributed by atoms with Gasteiger partial charge >= 0.3 is 0 Å². The normalized spacial score (nSPS) is 11.4. The van der Waals surface area contributed by atoms with Gasteiger partial charge in [-0.2, -0.15) is 0 Å². The van der Waals surface area contributed by atoms with Crippen LogP contribution >= 0.6 is 0 Å². The summed E-state index contributed by atoms with van der Waals surface area (Å²) in [5.74, 6) is 1.83. The number of hydrogen-bond donors (Lipinski definition) is 2. The fraction of sp³-hybridized carbons (Fsp3) is 0.348. The second-order valence-corrected chi connectivity index (χ2v) is 6.97. The molecule has 0 aliphatic rings. The lowest BCUT2D eigenvalue weighted by atomic mass is 10.1. The number of rotatable bonds is 9. The molecule has 2 aromatic carbocycles. The Balaban J connectivity index is 1.58. The molecule has 0 saturated carbocycles. The predicted molar refractivity (Wildman–Crippen MR) is 118 cm³/mol. The van der Waals surface area contributed by atoms with Crippen molar-refractivity contribution in [1.29, 1.82) is 0 Å². The van der Waals surface area contributed by atoms with Crippen molar-refractivity contribution in [3.63, 3.8) is 0 Å². The van der Waals surface area contributed by atoms with Gasteiger partial charge in [0.2, 0.25) is 0 Å². The summed E-state index contributed by atoms with van der Waals surface area (Å²) in [6.45, 7) is 7.26. The van der Waals surface area contributed by atoms with Crippen LogP contribution in [0.15, 0.2) is 65.9 Å². The first-order chi connectivity index (χ1) is 14.3. The molecule has 0 bridgehead atoms. The minimum absolute atomic E-state index is 0.653. The van der Waals surface area contributed by atoms with Gasteiger partial charge in [-0.15, -0.1) is 10.2 Å². The SMILES string of the molecule is CCc1nncn1CCNC(=NCc1ccccc1C)NCCc1ccccc1. The van der Waals surface area contributed by atoms with E-state index < -0.39 is 0 Å². The summed E-state index contributed by atoms with van der Waals surface area (Å²) in [5.41, 5.74) is 3.82. The van der Waals surface area contributed by atoms with Crippen LogP contribution in [0.4, 0.5) is 0 Å². The Hall–Kier alpha value is -3.15. The van der Waals surface area contributed by atoms with Crippen molar-refractivity contribution in [3.05, 3.63) is 83.4 Å². The van der Waals surface area contributed by atoms with Crippen LogP contribution in [0, 0.1) is 6.92 Å². The van der Waals surface area contributed by atoms with E-state index in [2.05, 4.69) is 87.8 Å². The zero-order chi connectivity index (χ0) is 20.3. The Bertz CT molecular complexity index is 900. The highest BCUT2D eigenvalue weighted by molar-refractivity contribution is 5.79. The number of guanidine groups is 1. The van der Waals surface area contributed by atoms with Gasteiger partial charge in [-0.1, -0.05) is 61.5 Å². The molecule has 1 heterocycles. The Morgan fingerprint density at radius 3 is 2.55 bits per heavy atom. The molecule has 2 N–H and O–H groups in total. The second-order valence-electron chi connectivity index (χ2n) is 6.97. The number of benzene rings is 2. The highest BCUT2D eigenvalue weighted by atomic mass is 15.3. The third-order valence-electron chi connectivity index (χ3n) is 4.87. The molecule has 0 amide bonds. The van der Waals surface area contributed by atoms with Crippen molar-refractivity contribution in [2.24, 2.45) is 4.99 Å². The summed E-state index contributed by atoms with van der Waals surface area (Å²) in [6.07, 6.45) is 3.62. The molecule has 0 saturated heterocycles. The lowest BCUT2D eigenvalue weighted by Crippen LogP contribution is -2.40. The molecule has 0 aliphatic heterocycles. The highest BCUT2D eigenvalue weighted by Gasteiger charge is 2.04. The van der Waals surface area contributed by atoms with Crippen LogP contribution in [0.2, 0.25) is 0 Å². The van der Waals surface area contributed by atoms with E-state index in [1.165, 1.54) is 16.7 Å². The molecule has 0 unspecified atom stereocenters. The number of aromatic nitrogens is 3. The molecule has 3 rings (SSSR count). The van der Waals surface area contributed by atoms with Gasteiger partial charge in [0.05, 0.1) is 6.54 Å². The van der Waals surface area contributed by atoms with Crippen LogP contribution in [-0.4, -0.2) is 33.8 Å². The molecule has 3 aromatic rings. The van der Waals surface area contributed by atoms with Gasteiger partial charge in [-0.3, -0.25) is 0 Å². The maximum atomic E-state index is 4.80. The smallest absolute Gasteiger partial charge is 0.191 e. The van der Waals surface area contributed by atoms with Crippen molar-refractivity contribution in [2.45, 2.75) is 39.8 Å². The van der Waals surface area contributed by atoms with Crippen molar-refractivity contribution < 1.29 is 0 Å². The predicted octanol–water partition coefficient (Wildman–Crippen LogP) is 3.13. The van der Waals surface area contributed by atoms with Crippen LogP contribution in [0.1, 0.15) is 29.4 Å². The molecular weight excluding hydrogens is 360 g/mol. The summed E-state index contributed by atoms with van der Waals surface area (Å²) in [7, 11) is 0. The first kappa shape index (κ1) is 20.6. The van der Waals surface area contributed by atoms with Crippen LogP contribution < -0.4 is 10.6 Å². The number of aliphatic imine (C=N–C) groups is 1. The average molecular weight is 391 g/mol. The Kier molecular flexibility index (Phi) is 7.81. The van der Waals surface area contributed by atoms with E-state index in [9.17, 15) is 0 Å². The lowest BCUT2D eigenvalue weighted by Gasteiger charge is -2.14. The van der Waals surface area contributed by atoms with Gasteiger partial charge in [0, 0.05) is 26.1 Å². The maximum Gasteiger partial charge on any atom is 0.191 e. The molecular formula is C23H30N6. The number of hydrogen-bond acceptors (Lipinski definition) is 3. The lowest BCUT2D eigenvalue weighted by molar-refractivity contribution is 0.631. The second kappa shape index (κ2) is 11.0. The van der Waals surface area contributed by atoms with E-state index in [4.69, 9.17) is 4.99 Å². The summed E-state index contributed by atoms with van der Waals surface area (Å²) in [4.78, 5) is 4.80. The molecule has 6 heteroatoms. The van der Waals surface area contributed by atoms with E-state index in [0.29, 0.717) is 6.54 Å². The number of nitrogens with one attached hydrogen (secondary N) is 2. The Morgan fingerprint density at radius 2 is 1.76 bits per heavy atom. The van der Waals surface area contributed by atoms with Gasteiger partial charge in [-0.05, 0) is 30.0 Å². The van der Waals surface area contributed by atoms with Crippen LogP contribution in [0.3, 0.4) is 0 Å². The minimum Gasteiger partial charge on any atom is -0.356 e. The van der Waals surface area contributed by atoms with Gasteiger partial charge in [0.25, 0.3) is 0 Å². The molecule has 0 spiro atoms. The largest absolute Gasteiger partial charge is 0.356 e. The number of aryl methyl sites for hydroxylation is 2. The van der Waals surface area contributed by atoms with Crippen molar-refractivity contribution in [1.82, 2.24) is 25.4 Å². The third kappa shape index (κ3) is 6.45. The van der Waals surface area contributed by atoms with Crippen LogP contribution in [0.5, 0.6) is 0 Å². The monoisotopic (exact) mass is 390 g/mol. The molecule has 0 aliphatic carbocycles. The molecule has 0 radical (unpaired) electrons. The van der Waals surface area contributed by atoms with Crippen LogP contribution in [0.25, 0.3) is 0 Å². The first-order valence-corrected chi connectivity index (χ1v) is 10.2. The van der Waals surface area contributed by atoms with Crippen LogP contribution in [-0.2, 0) is 25.9 Å². The van der Waals surface area contributed by atoms with Crippen molar-refractivity contribution in [3.8, 4) is 0 Å². The van der Waals surface area contributed by atoms with Gasteiger partial charge in [-0.25, -0.2) is 4.99 Å². The topological polar surface area (TPSA) is 67.1 Å². The summed E-state index contributed by atoms with van der Waals surface area (Å²) in [5, 5.41) is 15.1. The van der Waals surface area contributed by atoms with Gasteiger partial charge in [0.1, 0.15) is 12.2 Å². The Labute approximate surface area is 173 Å².